The average Bonchev–Trinajstić information content (AvgIpc) is 2.97. The largest absolute Gasteiger partial charge is 0.487 e. The highest BCUT2D eigenvalue weighted by molar-refractivity contribution is 7.92. The van der Waals surface area contributed by atoms with E-state index in [1.807, 2.05) is 14.1 Å². The fourth-order valence-corrected chi connectivity index (χ4v) is 7.03. The van der Waals surface area contributed by atoms with Crippen LogP contribution in [0.2, 0.25) is 5.02 Å². The normalized spacial score (nSPS) is 20.9. The number of carbonyl (C=O) groups is 1. The Balaban J connectivity index is 0.00000148. The lowest BCUT2D eigenvalue weighted by atomic mass is 9.78. The van der Waals surface area contributed by atoms with Crippen molar-refractivity contribution in [3.63, 3.8) is 0 Å². The fourth-order valence-electron chi connectivity index (χ4n) is 5.66. The van der Waals surface area contributed by atoms with Gasteiger partial charge in [-0.2, -0.15) is 13.2 Å². The monoisotopic (exact) mass is 673 g/mol. The van der Waals surface area contributed by atoms with Gasteiger partial charge in [-0.15, -0.1) is 0 Å². The third kappa shape index (κ3) is 8.39. The van der Waals surface area contributed by atoms with E-state index in [1.165, 1.54) is 24.4 Å². The number of nitrogens with one attached hydrogen (secondary N) is 1. The van der Waals surface area contributed by atoms with Crippen LogP contribution < -0.4 is 9.46 Å². The summed E-state index contributed by atoms with van der Waals surface area (Å²) in [5.41, 5.74) is -0.0716. The summed E-state index contributed by atoms with van der Waals surface area (Å²) in [6, 6.07) is 8.69. The molecule has 2 heterocycles. The number of sulfonamides is 1. The van der Waals surface area contributed by atoms with Gasteiger partial charge in [0.15, 0.2) is 0 Å². The topological polar surface area (TPSA) is 125 Å². The summed E-state index contributed by atoms with van der Waals surface area (Å²) in [4.78, 5) is 19.5. The van der Waals surface area contributed by atoms with E-state index in [4.69, 9.17) is 26.2 Å². The first-order chi connectivity index (χ1) is 21.2. The number of likely N-dealkylation sites (tertiary alicyclic amines) is 1. The Morgan fingerprint density at radius 3 is 2.51 bits per heavy atom. The van der Waals surface area contributed by atoms with Crippen LogP contribution in [0.5, 0.6) is 5.75 Å². The maximum Gasteiger partial charge on any atom is 0.416 e. The van der Waals surface area contributed by atoms with Crippen molar-refractivity contribution in [2.45, 2.75) is 54.4 Å². The molecule has 10 nitrogen and oxygen atoms in total. The van der Waals surface area contributed by atoms with Crippen LogP contribution in [-0.4, -0.2) is 85.1 Å². The van der Waals surface area contributed by atoms with Crippen LogP contribution in [-0.2, 0) is 21.0 Å². The number of halogens is 5. The number of hydrogen-bond acceptors (Lipinski definition) is 8. The molecular weight excluding hydrogens is 642 g/mol. The highest BCUT2D eigenvalue weighted by Crippen LogP contribution is 2.41. The molecule has 1 aromatic heterocycles. The minimum atomic E-state index is -4.44. The average molecular weight is 674 g/mol. The molecule has 0 spiro atoms. The van der Waals surface area contributed by atoms with E-state index in [0.29, 0.717) is 24.8 Å². The first-order valence-corrected chi connectivity index (χ1v) is 15.7. The Morgan fingerprint density at radius 1 is 1.18 bits per heavy atom. The Kier molecular flexibility index (Phi) is 10.9. The van der Waals surface area contributed by atoms with E-state index in [-0.39, 0.29) is 41.1 Å². The summed E-state index contributed by atoms with van der Waals surface area (Å²) >= 11 is 6.43. The van der Waals surface area contributed by atoms with E-state index < -0.39 is 38.6 Å². The number of nitrogens with zero attached hydrogens (tertiary/aromatic N) is 4. The van der Waals surface area contributed by atoms with Crippen molar-refractivity contribution in [1.29, 1.82) is 0 Å². The standard InChI is InChI=1S/C28H30ClF4N5O3S.CH2O2/c1-37-14-20(15-37)38(2)23-11-18(17-4-3-5-19(10-17)28(31,32)33)6-7-24(23)41-25-13-22(30)26(12-21(25)29)42(39,40)36-27-8-9-34-16-35-27;2-1-3/h3-5,8-10,12-13,16,18,20,23-24H,6-7,11,14-15H2,1-2H3,(H,34,35,36);1H,(H,2,3)/t18-,23-,24-;/m0./s1. The smallest absolute Gasteiger partial charge is 0.416 e. The van der Waals surface area contributed by atoms with Gasteiger partial charge in [-0.3, -0.25) is 14.4 Å². The molecule has 16 heteroatoms. The second-order valence-electron chi connectivity index (χ2n) is 10.9. The molecule has 2 aromatic carbocycles. The van der Waals surface area contributed by atoms with Crippen molar-refractivity contribution in [3.05, 3.63) is 77.0 Å². The first kappa shape index (κ1) is 34.3. The van der Waals surface area contributed by atoms with Crippen LogP contribution in [0.25, 0.3) is 0 Å². The molecule has 1 saturated heterocycles. The molecule has 3 aromatic rings. The molecule has 2 fully saturated rings. The minimum Gasteiger partial charge on any atom is -0.487 e. The number of alkyl halides is 3. The fraction of sp³-hybridized carbons (Fsp3) is 0.414. The number of hydrogen-bond donors (Lipinski definition) is 2. The van der Waals surface area contributed by atoms with Crippen LogP contribution in [0.1, 0.15) is 36.3 Å². The van der Waals surface area contributed by atoms with Crippen LogP contribution in [0.3, 0.4) is 0 Å². The van der Waals surface area contributed by atoms with Gasteiger partial charge in [0.05, 0.1) is 10.6 Å². The van der Waals surface area contributed by atoms with Crippen molar-refractivity contribution in [1.82, 2.24) is 19.8 Å². The van der Waals surface area contributed by atoms with Gasteiger partial charge in [0, 0.05) is 37.4 Å². The maximum absolute atomic E-state index is 15.2. The summed E-state index contributed by atoms with van der Waals surface area (Å²) in [6.45, 7) is 1.41. The number of anilines is 1. The van der Waals surface area contributed by atoms with Crippen LogP contribution >= 0.6 is 11.6 Å². The molecule has 45 heavy (non-hydrogen) atoms. The molecule has 0 radical (unpaired) electrons. The molecule has 0 bridgehead atoms. The molecule has 3 atom stereocenters. The Bertz CT molecular complexity index is 1580. The zero-order valence-electron chi connectivity index (χ0n) is 24.3. The SMILES string of the molecule is CN1CC(N(C)[C@H]2C[C@@H](c3cccc(C(F)(F)F)c3)CC[C@@H]2Oc2cc(F)c(S(=O)(=O)Nc3ccncn3)cc2Cl)C1.O=CO. The van der Waals surface area contributed by atoms with Crippen molar-refractivity contribution < 1.29 is 40.6 Å². The summed E-state index contributed by atoms with van der Waals surface area (Å²) in [7, 11) is -0.389. The van der Waals surface area contributed by atoms with Crippen LogP contribution in [0.4, 0.5) is 23.4 Å². The first-order valence-electron chi connectivity index (χ1n) is 13.8. The third-order valence-electron chi connectivity index (χ3n) is 7.96. The van der Waals surface area contributed by atoms with Gasteiger partial charge in [-0.1, -0.05) is 29.8 Å². The number of likely N-dealkylation sites (N-methyl/N-ethyl adjacent to an activating group) is 2. The molecule has 5 rings (SSSR count). The minimum absolute atomic E-state index is 0.0122. The van der Waals surface area contributed by atoms with Gasteiger partial charge in [0.25, 0.3) is 16.5 Å². The summed E-state index contributed by atoms with van der Waals surface area (Å²) in [5.74, 6) is -1.24. The lowest BCUT2D eigenvalue weighted by Crippen LogP contribution is -2.62. The highest BCUT2D eigenvalue weighted by atomic mass is 35.5. The van der Waals surface area contributed by atoms with Gasteiger partial charge in [-0.05, 0) is 63.0 Å². The third-order valence-corrected chi connectivity index (χ3v) is 9.62. The van der Waals surface area contributed by atoms with Gasteiger partial charge in [0.1, 0.15) is 34.7 Å². The van der Waals surface area contributed by atoms with Gasteiger partial charge < -0.3 is 14.7 Å². The predicted molar refractivity (Wildman–Crippen MR) is 158 cm³/mol. The van der Waals surface area contributed by atoms with E-state index >= 15 is 4.39 Å². The summed E-state index contributed by atoms with van der Waals surface area (Å²) in [6.07, 6.45) is -0.855. The van der Waals surface area contributed by atoms with Crippen molar-refractivity contribution in [2.75, 3.05) is 31.9 Å². The molecule has 1 aliphatic heterocycles. The van der Waals surface area contributed by atoms with E-state index in [0.717, 1.165) is 37.6 Å². The van der Waals surface area contributed by atoms with Gasteiger partial charge in [0.2, 0.25) is 0 Å². The maximum atomic E-state index is 15.2. The Hall–Kier alpha value is -3.53. The molecular formula is C29H32ClF4N5O5S. The summed E-state index contributed by atoms with van der Waals surface area (Å²) in [5, 5.41) is 6.80. The highest BCUT2D eigenvalue weighted by Gasteiger charge is 2.41. The lowest BCUT2D eigenvalue weighted by Gasteiger charge is -2.49. The Labute approximate surface area is 263 Å². The van der Waals surface area contributed by atoms with E-state index in [1.54, 1.807) is 6.07 Å². The second kappa shape index (κ2) is 14.3. The van der Waals surface area contributed by atoms with E-state index in [2.05, 4.69) is 24.5 Å². The number of rotatable bonds is 8. The molecule has 1 aliphatic carbocycles. The van der Waals surface area contributed by atoms with E-state index in [9.17, 15) is 21.6 Å². The number of benzene rings is 2. The lowest BCUT2D eigenvalue weighted by molar-refractivity contribution is -0.137. The molecule has 2 aliphatic rings. The zero-order chi connectivity index (χ0) is 32.9. The number of carboxylic acid groups (broad SMARTS) is 1. The van der Waals surface area contributed by atoms with Crippen LogP contribution in [0.15, 0.2) is 59.9 Å². The van der Waals surface area contributed by atoms with Crippen molar-refractivity contribution >= 4 is 33.9 Å². The quantitative estimate of drug-likeness (QED) is 0.248. The molecule has 2 N–H and O–H groups in total. The molecule has 0 amide bonds. The number of aromatic nitrogens is 2. The second-order valence-corrected chi connectivity index (χ2v) is 13.0. The predicted octanol–water partition coefficient (Wildman–Crippen LogP) is 5.12. The Morgan fingerprint density at radius 2 is 1.89 bits per heavy atom. The number of ether oxygens (including phenoxy) is 1. The van der Waals surface area contributed by atoms with Gasteiger partial charge >= 0.3 is 6.18 Å². The molecule has 1 saturated carbocycles. The zero-order valence-corrected chi connectivity index (χ0v) is 25.9. The van der Waals surface area contributed by atoms with Gasteiger partial charge in [-0.25, -0.2) is 22.8 Å². The summed E-state index contributed by atoms with van der Waals surface area (Å²) < 4.78 is 89.5. The van der Waals surface area contributed by atoms with Crippen LogP contribution in [0, 0.1) is 5.82 Å². The van der Waals surface area contributed by atoms with Crippen molar-refractivity contribution in [3.8, 4) is 5.75 Å². The molecule has 0 unspecified atom stereocenters. The molecule has 244 valence electrons. The van der Waals surface area contributed by atoms with Crippen molar-refractivity contribution in [2.24, 2.45) is 0 Å².